The summed E-state index contributed by atoms with van der Waals surface area (Å²) in [4.78, 5) is 27.0. The molecule has 10 nitrogen and oxygen atoms in total. The molecule has 1 aliphatic heterocycles. The third kappa shape index (κ3) is 7.81. The van der Waals surface area contributed by atoms with Crippen LogP contribution in [0.5, 0.6) is 0 Å². The molecule has 1 aromatic carbocycles. The topological polar surface area (TPSA) is 120 Å². The average molecular weight is 644 g/mol. The van der Waals surface area contributed by atoms with Crippen LogP contribution in [0.15, 0.2) is 42.7 Å². The van der Waals surface area contributed by atoms with Crippen LogP contribution in [0.4, 0.5) is 11.8 Å². The molecule has 1 saturated heterocycles. The third-order valence-electron chi connectivity index (χ3n) is 11.1. The fourth-order valence-corrected chi connectivity index (χ4v) is 8.20. The molecule has 2 aromatic heterocycles. The van der Waals surface area contributed by atoms with Crippen molar-refractivity contribution in [1.29, 1.82) is 0 Å². The van der Waals surface area contributed by atoms with Crippen LogP contribution < -0.4 is 10.2 Å². The molecule has 3 N–H and O–H groups in total. The van der Waals surface area contributed by atoms with Gasteiger partial charge in [0.1, 0.15) is 5.82 Å². The van der Waals surface area contributed by atoms with E-state index < -0.39 is 5.97 Å². The zero-order valence-corrected chi connectivity index (χ0v) is 28.4. The summed E-state index contributed by atoms with van der Waals surface area (Å²) in [7, 11) is 2.13. The molecule has 0 amide bonds. The van der Waals surface area contributed by atoms with Gasteiger partial charge in [0, 0.05) is 56.6 Å². The Kier molecular flexibility index (Phi) is 10.8. The number of carbonyl (C=O) groups is 1. The van der Waals surface area contributed by atoms with Gasteiger partial charge in [0.2, 0.25) is 5.95 Å². The third-order valence-corrected chi connectivity index (χ3v) is 11.1. The first-order valence-electron chi connectivity index (χ1n) is 17.9. The number of anilines is 2. The number of aliphatic hydroxyl groups excluding tert-OH is 1. The van der Waals surface area contributed by atoms with Crippen molar-refractivity contribution >= 4 is 17.7 Å². The highest BCUT2D eigenvalue weighted by molar-refractivity contribution is 5.70. The molecule has 2 fully saturated rings. The lowest BCUT2D eigenvalue weighted by atomic mass is 9.77. The minimum Gasteiger partial charge on any atom is -0.481 e. The zero-order chi connectivity index (χ0) is 32.9. The Balaban J connectivity index is 1.33. The van der Waals surface area contributed by atoms with Crippen LogP contribution >= 0.6 is 0 Å². The summed E-state index contributed by atoms with van der Waals surface area (Å²) in [5.74, 6) is 1.61. The number of fused-ring (bicyclic) bond motifs is 1. The molecule has 3 aliphatic rings. The standard InChI is InChI=1S/C37H53N7O3/c1-4-34(26-11-13-27(14-12-26)36(46)47)42(3)37-40-32-16-15-28(25-9-7-6-8-10-25)21-31(32)35(41-37)39-33(29-22-38-44(5-2)23-29)24-43-19-17-30(45)18-20-43/h6-10,22-23,26-28,30,33-34,45H,4-5,11-21,24H2,1-3H3,(H,46,47)(H,39,40,41)/t26?,27?,28-,33+,34-/m1/s1. The first kappa shape index (κ1) is 33.4. The smallest absolute Gasteiger partial charge is 0.306 e. The van der Waals surface area contributed by atoms with Gasteiger partial charge in [-0.3, -0.25) is 9.48 Å². The van der Waals surface area contributed by atoms with Crippen LogP contribution in [0.1, 0.15) is 99.6 Å². The first-order valence-corrected chi connectivity index (χ1v) is 17.9. The van der Waals surface area contributed by atoms with E-state index in [9.17, 15) is 15.0 Å². The van der Waals surface area contributed by atoms with E-state index in [1.54, 1.807) is 0 Å². The number of benzene rings is 1. The molecular weight excluding hydrogens is 590 g/mol. The minimum absolute atomic E-state index is 0.0203. The van der Waals surface area contributed by atoms with Crippen LogP contribution in [0.2, 0.25) is 0 Å². The number of carboxylic acid groups (broad SMARTS) is 1. The van der Waals surface area contributed by atoms with Gasteiger partial charge in [0.25, 0.3) is 0 Å². The Morgan fingerprint density at radius 2 is 1.79 bits per heavy atom. The molecule has 3 aromatic rings. The van der Waals surface area contributed by atoms with Gasteiger partial charge >= 0.3 is 5.97 Å². The second-order valence-corrected chi connectivity index (χ2v) is 14.0. The van der Waals surface area contributed by atoms with Gasteiger partial charge in [0.05, 0.1) is 30.0 Å². The zero-order valence-electron chi connectivity index (χ0n) is 28.4. The van der Waals surface area contributed by atoms with Crippen molar-refractivity contribution in [3.8, 4) is 0 Å². The van der Waals surface area contributed by atoms with E-state index in [1.807, 2.05) is 10.9 Å². The van der Waals surface area contributed by atoms with E-state index in [2.05, 4.69) is 77.6 Å². The van der Waals surface area contributed by atoms with Gasteiger partial charge in [-0.25, -0.2) is 4.98 Å². The van der Waals surface area contributed by atoms with E-state index in [0.717, 1.165) is 113 Å². The Morgan fingerprint density at radius 3 is 2.45 bits per heavy atom. The molecule has 0 spiro atoms. The van der Waals surface area contributed by atoms with Crippen molar-refractivity contribution in [2.45, 2.75) is 109 Å². The second kappa shape index (κ2) is 15.2. The van der Waals surface area contributed by atoms with Gasteiger partial charge < -0.3 is 25.3 Å². The molecule has 0 unspecified atom stereocenters. The monoisotopic (exact) mass is 643 g/mol. The molecule has 10 heteroatoms. The molecule has 47 heavy (non-hydrogen) atoms. The Bertz CT molecular complexity index is 1460. The van der Waals surface area contributed by atoms with E-state index >= 15 is 0 Å². The normalized spacial score (nSPS) is 23.5. The number of hydrogen-bond acceptors (Lipinski definition) is 8. The molecule has 1 saturated carbocycles. The lowest BCUT2D eigenvalue weighted by Crippen LogP contribution is -2.41. The number of aromatic nitrogens is 4. The number of aliphatic hydroxyl groups is 1. The Morgan fingerprint density at radius 1 is 1.04 bits per heavy atom. The minimum atomic E-state index is -0.660. The number of rotatable bonds is 12. The van der Waals surface area contributed by atoms with E-state index in [0.29, 0.717) is 11.8 Å². The number of nitrogens with zero attached hydrogens (tertiary/aromatic N) is 6. The molecule has 0 bridgehead atoms. The van der Waals surface area contributed by atoms with Crippen molar-refractivity contribution in [2.24, 2.45) is 11.8 Å². The lowest BCUT2D eigenvalue weighted by molar-refractivity contribution is -0.143. The van der Waals surface area contributed by atoms with Crippen LogP contribution in [0.25, 0.3) is 0 Å². The van der Waals surface area contributed by atoms with Gasteiger partial charge in [-0.2, -0.15) is 10.1 Å². The van der Waals surface area contributed by atoms with Gasteiger partial charge in [-0.15, -0.1) is 0 Å². The van der Waals surface area contributed by atoms with Crippen LogP contribution in [-0.2, 0) is 24.2 Å². The fraction of sp³-hybridized carbons (Fsp3) is 0.622. The molecule has 3 atom stereocenters. The number of aryl methyl sites for hydroxylation is 2. The van der Waals surface area contributed by atoms with Crippen molar-refractivity contribution in [3.63, 3.8) is 0 Å². The van der Waals surface area contributed by atoms with E-state index in [-0.39, 0.29) is 24.1 Å². The van der Waals surface area contributed by atoms with E-state index in [1.165, 1.54) is 11.1 Å². The van der Waals surface area contributed by atoms with Crippen LogP contribution in [0, 0.1) is 11.8 Å². The number of aliphatic carboxylic acids is 1. The maximum Gasteiger partial charge on any atom is 0.306 e. The molecule has 6 rings (SSSR count). The molecule has 3 heterocycles. The SMILES string of the molecule is CC[C@H](C1CCC(C(=O)O)CC1)N(C)c1nc2c(c(N[C@@H](CN3CCC(O)CC3)c3cnn(CC)c3)n1)C[C@H](c1ccccc1)CC2. The number of carboxylic acids is 1. The summed E-state index contributed by atoms with van der Waals surface area (Å²) < 4.78 is 1.98. The Hall–Kier alpha value is -3.50. The first-order chi connectivity index (χ1) is 22.8. The quantitative estimate of drug-likeness (QED) is 0.229. The summed E-state index contributed by atoms with van der Waals surface area (Å²) >= 11 is 0. The van der Waals surface area contributed by atoms with Gasteiger partial charge in [0.15, 0.2) is 0 Å². The van der Waals surface area contributed by atoms with Crippen LogP contribution in [-0.4, -0.2) is 79.7 Å². The summed E-state index contributed by atoms with van der Waals surface area (Å²) in [5, 5.41) is 28.3. The number of piperidine rings is 1. The van der Waals surface area contributed by atoms with Crippen molar-refractivity contribution in [3.05, 3.63) is 65.1 Å². The molecule has 254 valence electrons. The molecular formula is C37H53N7O3. The predicted octanol–water partition coefficient (Wildman–Crippen LogP) is 5.68. The summed E-state index contributed by atoms with van der Waals surface area (Å²) in [6, 6.07) is 11.0. The number of likely N-dealkylation sites (tertiary alicyclic amines) is 1. The maximum absolute atomic E-state index is 11.6. The predicted molar refractivity (Wildman–Crippen MR) is 185 cm³/mol. The highest BCUT2D eigenvalue weighted by Gasteiger charge is 2.34. The van der Waals surface area contributed by atoms with Crippen LogP contribution in [0.3, 0.4) is 0 Å². The lowest BCUT2D eigenvalue weighted by Gasteiger charge is -2.38. The fourth-order valence-electron chi connectivity index (χ4n) is 8.20. The summed E-state index contributed by atoms with van der Waals surface area (Å²) in [6.45, 7) is 7.69. The molecule has 2 aliphatic carbocycles. The largest absolute Gasteiger partial charge is 0.481 e. The average Bonchev–Trinajstić information content (AvgIpc) is 3.59. The molecule has 0 radical (unpaired) electrons. The highest BCUT2D eigenvalue weighted by Crippen LogP contribution is 2.39. The Labute approximate surface area is 279 Å². The van der Waals surface area contributed by atoms with Crippen molar-refractivity contribution in [2.75, 3.05) is 36.9 Å². The van der Waals surface area contributed by atoms with Crippen molar-refractivity contribution in [1.82, 2.24) is 24.6 Å². The number of nitrogens with one attached hydrogen (secondary N) is 1. The highest BCUT2D eigenvalue weighted by atomic mass is 16.4. The second-order valence-electron chi connectivity index (χ2n) is 14.0. The summed E-state index contributed by atoms with van der Waals surface area (Å²) in [5.41, 5.74) is 4.84. The van der Waals surface area contributed by atoms with Gasteiger partial charge in [-0.05, 0) is 88.5 Å². The number of hydrogen-bond donors (Lipinski definition) is 3. The van der Waals surface area contributed by atoms with E-state index in [4.69, 9.17) is 9.97 Å². The summed E-state index contributed by atoms with van der Waals surface area (Å²) in [6.07, 6.45) is 12.6. The van der Waals surface area contributed by atoms with Gasteiger partial charge in [-0.1, -0.05) is 37.3 Å². The van der Waals surface area contributed by atoms with Crippen molar-refractivity contribution < 1.29 is 15.0 Å². The maximum atomic E-state index is 11.6.